The molecule has 144 valence electrons. The molecule has 0 bridgehead atoms. The van der Waals surface area contributed by atoms with Crippen molar-refractivity contribution in [2.45, 2.75) is 73.1 Å². The number of allylic oxidation sites excluding steroid dienone is 5. The van der Waals surface area contributed by atoms with Crippen LogP contribution in [-0.2, 0) is 9.53 Å². The fourth-order valence-corrected chi connectivity index (χ4v) is 3.13. The maximum absolute atomic E-state index is 12.5. The van der Waals surface area contributed by atoms with Gasteiger partial charge in [-0.05, 0) is 44.8 Å². The Balaban J connectivity index is 2.87. The van der Waals surface area contributed by atoms with E-state index in [0.29, 0.717) is 18.1 Å². The molecule has 0 aliphatic carbocycles. The standard InChI is InChI=1S/C22H34N2O2/c1-6-9-11-19(8-3)16-26-22(25)21(15-23)20-13-17(4)24(12-10-7-2)18(5)14-20/h13-14,19H,6-12,16H2,1-5H3. The number of hydrogen-bond acceptors (Lipinski definition) is 4. The van der Waals surface area contributed by atoms with Gasteiger partial charge in [0.05, 0.1) is 6.61 Å². The predicted molar refractivity (Wildman–Crippen MR) is 106 cm³/mol. The zero-order valence-corrected chi connectivity index (χ0v) is 17.1. The lowest BCUT2D eigenvalue weighted by Gasteiger charge is -2.29. The van der Waals surface area contributed by atoms with E-state index in [2.05, 4.69) is 31.7 Å². The maximum Gasteiger partial charge on any atom is 0.349 e. The summed E-state index contributed by atoms with van der Waals surface area (Å²) in [6.07, 6.45) is 10.4. The smallest absolute Gasteiger partial charge is 0.349 e. The van der Waals surface area contributed by atoms with Crippen LogP contribution < -0.4 is 0 Å². The fourth-order valence-electron chi connectivity index (χ4n) is 3.13. The highest BCUT2D eigenvalue weighted by atomic mass is 16.5. The molecule has 0 aromatic rings. The van der Waals surface area contributed by atoms with Crippen molar-refractivity contribution < 1.29 is 9.53 Å². The van der Waals surface area contributed by atoms with Gasteiger partial charge in [0, 0.05) is 23.5 Å². The van der Waals surface area contributed by atoms with Crippen molar-refractivity contribution in [3.8, 4) is 6.07 Å². The van der Waals surface area contributed by atoms with Crippen molar-refractivity contribution in [3.05, 3.63) is 34.7 Å². The van der Waals surface area contributed by atoms with Crippen LogP contribution in [-0.4, -0.2) is 24.0 Å². The van der Waals surface area contributed by atoms with Gasteiger partial charge >= 0.3 is 5.97 Å². The van der Waals surface area contributed by atoms with Crippen LogP contribution in [0.15, 0.2) is 34.7 Å². The molecule has 0 spiro atoms. The van der Waals surface area contributed by atoms with E-state index >= 15 is 0 Å². The molecule has 0 saturated heterocycles. The van der Waals surface area contributed by atoms with E-state index < -0.39 is 5.97 Å². The van der Waals surface area contributed by atoms with Crippen LogP contribution >= 0.6 is 0 Å². The number of nitriles is 1. The molecule has 0 aromatic carbocycles. The Morgan fingerprint density at radius 3 is 2.27 bits per heavy atom. The summed E-state index contributed by atoms with van der Waals surface area (Å²) in [5.74, 6) is -0.137. The van der Waals surface area contributed by atoms with Crippen molar-refractivity contribution >= 4 is 5.97 Å². The van der Waals surface area contributed by atoms with Gasteiger partial charge in [-0.3, -0.25) is 0 Å². The zero-order valence-electron chi connectivity index (χ0n) is 17.1. The van der Waals surface area contributed by atoms with Gasteiger partial charge in [0.25, 0.3) is 0 Å². The molecule has 0 N–H and O–H groups in total. The number of nitrogens with zero attached hydrogens (tertiary/aromatic N) is 2. The minimum absolute atomic E-state index is 0.101. The highest BCUT2D eigenvalue weighted by molar-refractivity contribution is 5.95. The molecule has 1 atom stereocenters. The van der Waals surface area contributed by atoms with Gasteiger partial charge < -0.3 is 9.64 Å². The van der Waals surface area contributed by atoms with Crippen molar-refractivity contribution in [2.75, 3.05) is 13.2 Å². The van der Waals surface area contributed by atoms with Gasteiger partial charge in [0.1, 0.15) is 11.6 Å². The predicted octanol–water partition coefficient (Wildman–Crippen LogP) is 5.49. The Morgan fingerprint density at radius 2 is 1.77 bits per heavy atom. The Bertz CT molecular complexity index is 586. The van der Waals surface area contributed by atoms with Crippen molar-refractivity contribution in [3.63, 3.8) is 0 Å². The topological polar surface area (TPSA) is 53.3 Å². The largest absolute Gasteiger partial charge is 0.461 e. The fraction of sp³-hybridized carbons (Fsp3) is 0.636. The average Bonchev–Trinajstić information content (AvgIpc) is 2.62. The lowest BCUT2D eigenvalue weighted by atomic mass is 10.00. The molecule has 0 saturated carbocycles. The summed E-state index contributed by atoms with van der Waals surface area (Å²) in [5.41, 5.74) is 2.87. The summed E-state index contributed by atoms with van der Waals surface area (Å²) in [6.45, 7) is 11.8. The van der Waals surface area contributed by atoms with E-state index in [1.807, 2.05) is 26.0 Å². The zero-order chi connectivity index (χ0) is 19.5. The molecule has 1 rings (SSSR count). The van der Waals surface area contributed by atoms with Gasteiger partial charge in [0.2, 0.25) is 0 Å². The molecule has 1 unspecified atom stereocenters. The third-order valence-corrected chi connectivity index (χ3v) is 4.91. The molecule has 1 heterocycles. The summed E-state index contributed by atoms with van der Waals surface area (Å²) >= 11 is 0. The third kappa shape index (κ3) is 6.37. The van der Waals surface area contributed by atoms with Crippen LogP contribution in [0.5, 0.6) is 0 Å². The SMILES string of the molecule is CCCCC(CC)COC(=O)C(C#N)=C1C=C(C)N(CCCC)C(C)=C1. The quantitative estimate of drug-likeness (QED) is 0.294. The lowest BCUT2D eigenvalue weighted by Crippen LogP contribution is -2.24. The molecular formula is C22H34N2O2. The average molecular weight is 359 g/mol. The first-order chi connectivity index (χ1) is 12.5. The van der Waals surface area contributed by atoms with Crippen molar-refractivity contribution in [1.29, 1.82) is 5.26 Å². The Hall–Kier alpha value is -2.02. The Labute approximate surface area is 159 Å². The number of unbranched alkanes of at least 4 members (excludes halogenated alkanes) is 2. The lowest BCUT2D eigenvalue weighted by molar-refractivity contribution is -0.140. The van der Waals surface area contributed by atoms with Gasteiger partial charge in [0.15, 0.2) is 0 Å². The molecule has 0 radical (unpaired) electrons. The summed E-state index contributed by atoms with van der Waals surface area (Å²) < 4.78 is 5.47. The minimum Gasteiger partial charge on any atom is -0.461 e. The van der Waals surface area contributed by atoms with E-state index in [-0.39, 0.29) is 5.57 Å². The van der Waals surface area contributed by atoms with Crippen LogP contribution in [0, 0.1) is 17.2 Å². The molecule has 26 heavy (non-hydrogen) atoms. The van der Waals surface area contributed by atoms with E-state index in [1.54, 1.807) is 0 Å². The Kier molecular flexibility index (Phi) is 9.80. The molecule has 1 aliphatic heterocycles. The highest BCUT2D eigenvalue weighted by Gasteiger charge is 2.21. The third-order valence-electron chi connectivity index (χ3n) is 4.91. The number of rotatable bonds is 10. The second-order valence-electron chi connectivity index (χ2n) is 7.03. The second kappa shape index (κ2) is 11.6. The molecule has 0 amide bonds. The molecule has 4 nitrogen and oxygen atoms in total. The summed E-state index contributed by atoms with van der Waals surface area (Å²) in [6, 6.07) is 2.05. The van der Waals surface area contributed by atoms with Crippen LogP contribution in [0.4, 0.5) is 0 Å². The molecule has 0 aromatic heterocycles. The first kappa shape index (κ1) is 22.0. The van der Waals surface area contributed by atoms with Crippen LogP contribution in [0.3, 0.4) is 0 Å². The summed E-state index contributed by atoms with van der Waals surface area (Å²) in [5, 5.41) is 9.51. The monoisotopic (exact) mass is 358 g/mol. The van der Waals surface area contributed by atoms with Crippen LogP contribution in [0.2, 0.25) is 0 Å². The van der Waals surface area contributed by atoms with Crippen LogP contribution in [0.1, 0.15) is 73.1 Å². The number of carbonyl (C=O) groups excluding carboxylic acids is 1. The van der Waals surface area contributed by atoms with E-state index in [9.17, 15) is 10.1 Å². The second-order valence-corrected chi connectivity index (χ2v) is 7.03. The summed E-state index contributed by atoms with van der Waals surface area (Å²) in [4.78, 5) is 14.7. The van der Waals surface area contributed by atoms with E-state index in [0.717, 1.165) is 56.5 Å². The number of esters is 1. The van der Waals surface area contributed by atoms with Crippen LogP contribution in [0.25, 0.3) is 0 Å². The van der Waals surface area contributed by atoms with Gasteiger partial charge in [-0.25, -0.2) is 4.79 Å². The Morgan fingerprint density at radius 1 is 1.15 bits per heavy atom. The first-order valence-electron chi connectivity index (χ1n) is 9.93. The number of ether oxygens (including phenoxy) is 1. The number of hydrogen-bond donors (Lipinski definition) is 0. The highest BCUT2D eigenvalue weighted by Crippen LogP contribution is 2.25. The molecule has 1 aliphatic rings. The van der Waals surface area contributed by atoms with Gasteiger partial charge in [-0.15, -0.1) is 0 Å². The minimum atomic E-state index is -0.507. The number of carbonyl (C=O) groups is 1. The molecular weight excluding hydrogens is 324 g/mol. The van der Waals surface area contributed by atoms with Crippen molar-refractivity contribution in [2.24, 2.45) is 5.92 Å². The van der Waals surface area contributed by atoms with E-state index in [4.69, 9.17) is 4.74 Å². The van der Waals surface area contributed by atoms with Gasteiger partial charge in [-0.1, -0.05) is 46.5 Å². The van der Waals surface area contributed by atoms with Crippen molar-refractivity contribution in [1.82, 2.24) is 4.90 Å². The maximum atomic E-state index is 12.5. The van der Waals surface area contributed by atoms with Gasteiger partial charge in [-0.2, -0.15) is 5.26 Å². The molecule has 0 fully saturated rings. The first-order valence-corrected chi connectivity index (χ1v) is 9.93. The van der Waals surface area contributed by atoms with E-state index in [1.165, 1.54) is 0 Å². The summed E-state index contributed by atoms with van der Waals surface area (Å²) in [7, 11) is 0. The molecule has 4 heteroatoms. The normalized spacial score (nSPS) is 15.1.